The molecule has 0 unspecified atom stereocenters. The Morgan fingerprint density at radius 3 is 2.95 bits per heavy atom. The third kappa shape index (κ3) is 3.70. The number of hydrogen-bond donors (Lipinski definition) is 0. The first-order chi connectivity index (χ1) is 9.10. The summed E-state index contributed by atoms with van der Waals surface area (Å²) in [7, 11) is 0. The number of thioether (sulfide) groups is 1. The molecule has 1 heterocycles. The summed E-state index contributed by atoms with van der Waals surface area (Å²) in [5.41, 5.74) is 1.88. The van der Waals surface area contributed by atoms with Crippen LogP contribution < -0.4 is 4.74 Å². The van der Waals surface area contributed by atoms with Gasteiger partial charge in [0.15, 0.2) is 10.1 Å². The summed E-state index contributed by atoms with van der Waals surface area (Å²) in [5.74, 6) is 1.35. The Kier molecular flexibility index (Phi) is 4.82. The molecule has 102 valence electrons. The molecule has 0 bridgehead atoms. The zero-order valence-corrected chi connectivity index (χ0v) is 13.0. The number of thiazole rings is 1. The molecule has 2 rings (SSSR count). The van der Waals surface area contributed by atoms with Crippen molar-refractivity contribution in [1.82, 2.24) is 4.98 Å². The molecule has 0 aliphatic heterocycles. The number of unbranched alkanes of at least 4 members (excludes halogenated alkanes) is 1. The van der Waals surface area contributed by atoms with Gasteiger partial charge in [0.2, 0.25) is 0 Å². The summed E-state index contributed by atoms with van der Waals surface area (Å²) in [5, 5.41) is 0. The van der Waals surface area contributed by atoms with Crippen LogP contribution in [0, 0.1) is 6.92 Å². The lowest BCUT2D eigenvalue weighted by Crippen LogP contribution is -2.02. The van der Waals surface area contributed by atoms with E-state index < -0.39 is 0 Å². The van der Waals surface area contributed by atoms with Gasteiger partial charge in [0.05, 0.1) is 4.70 Å². The van der Waals surface area contributed by atoms with Crippen molar-refractivity contribution in [2.75, 3.05) is 5.75 Å². The zero-order valence-electron chi connectivity index (χ0n) is 11.4. The minimum atomic E-state index is -0.305. The molecular weight excluding hydrogens is 278 g/mol. The number of rotatable bonds is 5. The van der Waals surface area contributed by atoms with Crippen LogP contribution in [0.5, 0.6) is 5.75 Å². The van der Waals surface area contributed by atoms with E-state index in [0.717, 1.165) is 25.9 Å². The Morgan fingerprint density at radius 2 is 2.26 bits per heavy atom. The van der Waals surface area contributed by atoms with Gasteiger partial charge in [0.25, 0.3) is 0 Å². The summed E-state index contributed by atoms with van der Waals surface area (Å²) in [4.78, 5) is 15.7. The van der Waals surface area contributed by atoms with Crippen LogP contribution in [-0.2, 0) is 4.79 Å². The van der Waals surface area contributed by atoms with E-state index >= 15 is 0 Å². The Labute approximate surface area is 121 Å². The lowest BCUT2D eigenvalue weighted by Gasteiger charge is -2.02. The Bertz CT molecular complexity index is 592. The molecule has 0 fully saturated rings. The summed E-state index contributed by atoms with van der Waals surface area (Å²) in [6, 6.07) is 3.95. The highest BCUT2D eigenvalue weighted by atomic mass is 32.2. The molecule has 0 aliphatic carbocycles. The fraction of sp³-hybridized carbons (Fsp3) is 0.429. The topological polar surface area (TPSA) is 39.2 Å². The van der Waals surface area contributed by atoms with E-state index in [1.54, 1.807) is 23.1 Å². The van der Waals surface area contributed by atoms with Gasteiger partial charge < -0.3 is 4.74 Å². The van der Waals surface area contributed by atoms with Crippen molar-refractivity contribution in [2.45, 2.75) is 38.0 Å². The average molecular weight is 295 g/mol. The lowest BCUT2D eigenvalue weighted by atomic mass is 10.2. The molecule has 0 aliphatic rings. The van der Waals surface area contributed by atoms with E-state index in [4.69, 9.17) is 4.74 Å². The number of nitrogens with zero attached hydrogens (tertiary/aromatic N) is 1. The second-order valence-corrected chi connectivity index (χ2v) is 6.76. The number of aryl methyl sites for hydroxylation is 1. The van der Waals surface area contributed by atoms with Crippen LogP contribution in [0.1, 0.15) is 32.3 Å². The van der Waals surface area contributed by atoms with Crippen molar-refractivity contribution in [3.8, 4) is 5.75 Å². The predicted molar refractivity (Wildman–Crippen MR) is 81.3 cm³/mol. The van der Waals surface area contributed by atoms with Gasteiger partial charge in [-0.15, -0.1) is 11.3 Å². The van der Waals surface area contributed by atoms with Gasteiger partial charge in [-0.25, -0.2) is 4.98 Å². The van der Waals surface area contributed by atoms with E-state index in [-0.39, 0.29) is 5.97 Å². The highest BCUT2D eigenvalue weighted by molar-refractivity contribution is 8.01. The Morgan fingerprint density at radius 1 is 1.47 bits per heavy atom. The maximum Gasteiger partial charge on any atom is 0.308 e. The molecule has 3 nitrogen and oxygen atoms in total. The van der Waals surface area contributed by atoms with Crippen molar-refractivity contribution in [3.63, 3.8) is 0 Å². The van der Waals surface area contributed by atoms with Crippen LogP contribution >= 0.6 is 23.1 Å². The first-order valence-electron chi connectivity index (χ1n) is 6.32. The Hall–Kier alpha value is -1.07. The van der Waals surface area contributed by atoms with Gasteiger partial charge in [0, 0.05) is 12.7 Å². The summed E-state index contributed by atoms with van der Waals surface area (Å²) < 4.78 is 7.37. The van der Waals surface area contributed by atoms with Crippen LogP contribution in [0.25, 0.3) is 10.2 Å². The molecule has 19 heavy (non-hydrogen) atoms. The van der Waals surface area contributed by atoms with Gasteiger partial charge in [-0.05, 0) is 31.0 Å². The van der Waals surface area contributed by atoms with Crippen molar-refractivity contribution in [1.29, 1.82) is 0 Å². The fourth-order valence-corrected chi connectivity index (χ4v) is 4.04. The summed E-state index contributed by atoms with van der Waals surface area (Å²) in [6.07, 6.45) is 2.38. The van der Waals surface area contributed by atoms with Gasteiger partial charge in [-0.1, -0.05) is 25.1 Å². The molecule has 5 heteroatoms. The van der Waals surface area contributed by atoms with Gasteiger partial charge in [-0.3, -0.25) is 4.79 Å². The van der Waals surface area contributed by atoms with Crippen molar-refractivity contribution >= 4 is 39.3 Å². The van der Waals surface area contributed by atoms with E-state index in [1.807, 2.05) is 13.0 Å². The highest BCUT2D eigenvalue weighted by Crippen LogP contribution is 2.35. The number of fused-ring (bicyclic) bond motifs is 1. The predicted octanol–water partition coefficient (Wildman–Crippen LogP) is 4.42. The maximum atomic E-state index is 11.1. The number of carbonyl (C=O) groups is 1. The quantitative estimate of drug-likeness (QED) is 0.354. The van der Waals surface area contributed by atoms with Crippen molar-refractivity contribution in [2.24, 2.45) is 0 Å². The molecule has 1 aromatic carbocycles. The average Bonchev–Trinajstić information content (AvgIpc) is 2.71. The fourth-order valence-electron chi connectivity index (χ4n) is 1.71. The maximum absolute atomic E-state index is 11.1. The molecule has 1 aromatic heterocycles. The molecule has 2 aromatic rings. The van der Waals surface area contributed by atoms with E-state index in [2.05, 4.69) is 18.0 Å². The third-order valence-corrected chi connectivity index (χ3v) is 4.79. The highest BCUT2D eigenvalue weighted by Gasteiger charge is 2.12. The second kappa shape index (κ2) is 6.39. The van der Waals surface area contributed by atoms with Crippen molar-refractivity contribution in [3.05, 3.63) is 17.7 Å². The SMILES string of the molecule is CCCCSc1nc2c(OC(C)=O)cc(C)cc2s1. The minimum absolute atomic E-state index is 0.305. The normalized spacial score (nSPS) is 10.9. The molecule has 0 saturated carbocycles. The first-order valence-corrected chi connectivity index (χ1v) is 8.12. The van der Waals surface area contributed by atoms with Gasteiger partial charge >= 0.3 is 5.97 Å². The number of hydrogen-bond acceptors (Lipinski definition) is 5. The molecule has 0 amide bonds. The second-order valence-electron chi connectivity index (χ2n) is 4.39. The first kappa shape index (κ1) is 14.3. The van der Waals surface area contributed by atoms with Crippen LogP contribution in [-0.4, -0.2) is 16.7 Å². The van der Waals surface area contributed by atoms with Crippen LogP contribution in [0.2, 0.25) is 0 Å². The molecule has 0 N–H and O–H groups in total. The Balaban J connectivity index is 2.31. The number of carbonyl (C=O) groups excluding carboxylic acids is 1. The van der Waals surface area contributed by atoms with Gasteiger partial charge in [0.1, 0.15) is 5.52 Å². The summed E-state index contributed by atoms with van der Waals surface area (Å²) >= 11 is 3.43. The lowest BCUT2D eigenvalue weighted by molar-refractivity contribution is -0.131. The van der Waals surface area contributed by atoms with E-state index in [9.17, 15) is 4.79 Å². The molecule has 0 radical (unpaired) electrons. The van der Waals surface area contributed by atoms with Crippen LogP contribution in [0.3, 0.4) is 0 Å². The number of ether oxygens (including phenoxy) is 1. The van der Waals surface area contributed by atoms with Gasteiger partial charge in [-0.2, -0.15) is 0 Å². The number of benzene rings is 1. The van der Waals surface area contributed by atoms with E-state index in [1.165, 1.54) is 19.8 Å². The zero-order chi connectivity index (χ0) is 13.8. The molecule has 0 spiro atoms. The largest absolute Gasteiger partial charge is 0.424 e. The van der Waals surface area contributed by atoms with E-state index in [0.29, 0.717) is 5.75 Å². The smallest absolute Gasteiger partial charge is 0.308 e. The standard InChI is InChI=1S/C14H17NO2S2/c1-4-5-6-18-14-15-13-11(17-10(3)16)7-9(2)8-12(13)19-14/h7-8H,4-6H2,1-3H3. The van der Waals surface area contributed by atoms with Crippen molar-refractivity contribution < 1.29 is 9.53 Å². The number of aromatic nitrogens is 1. The summed E-state index contributed by atoms with van der Waals surface area (Å²) in [6.45, 7) is 5.59. The van der Waals surface area contributed by atoms with Crippen LogP contribution in [0.4, 0.5) is 0 Å². The monoisotopic (exact) mass is 295 g/mol. The molecule has 0 saturated heterocycles. The van der Waals surface area contributed by atoms with Crippen LogP contribution in [0.15, 0.2) is 16.5 Å². The molecule has 0 atom stereocenters. The molecular formula is C14H17NO2S2. The minimum Gasteiger partial charge on any atom is -0.424 e. The number of esters is 1. The third-order valence-electron chi connectivity index (χ3n) is 2.56.